The van der Waals surface area contributed by atoms with Crippen molar-refractivity contribution in [2.45, 2.75) is 6.54 Å². The number of aromatic nitrogens is 2. The van der Waals surface area contributed by atoms with Crippen LogP contribution < -0.4 is 10.1 Å². The van der Waals surface area contributed by atoms with Crippen molar-refractivity contribution in [2.75, 3.05) is 7.05 Å². The molecule has 5 heteroatoms. The smallest absolute Gasteiger partial charge is 0.223 e. The Morgan fingerprint density at radius 2 is 2.10 bits per heavy atom. The molecule has 0 amide bonds. The number of fused-ring (bicyclic) bond motifs is 1. The zero-order valence-corrected chi connectivity index (χ0v) is 11.5. The van der Waals surface area contributed by atoms with Crippen LogP contribution in [0, 0.1) is 5.82 Å². The van der Waals surface area contributed by atoms with Gasteiger partial charge in [-0.2, -0.15) is 0 Å². The van der Waals surface area contributed by atoms with E-state index in [4.69, 9.17) is 4.74 Å². The second kappa shape index (κ2) is 5.85. The van der Waals surface area contributed by atoms with Gasteiger partial charge in [-0.3, -0.25) is 4.98 Å². The Bertz CT molecular complexity index is 771. The molecule has 2 heterocycles. The number of benzene rings is 1. The number of nitrogens with zero attached hydrogens (tertiary/aromatic N) is 2. The molecule has 0 bridgehead atoms. The molecule has 106 valence electrons. The molecule has 1 N–H and O–H groups in total. The van der Waals surface area contributed by atoms with Crippen molar-refractivity contribution in [1.82, 2.24) is 15.3 Å². The monoisotopic (exact) mass is 283 g/mol. The minimum Gasteiger partial charge on any atom is -0.438 e. The summed E-state index contributed by atoms with van der Waals surface area (Å²) in [5.74, 6) is 0.659. The lowest BCUT2D eigenvalue weighted by Gasteiger charge is -2.11. The van der Waals surface area contributed by atoms with Gasteiger partial charge in [0.2, 0.25) is 5.88 Å². The summed E-state index contributed by atoms with van der Waals surface area (Å²) >= 11 is 0. The van der Waals surface area contributed by atoms with E-state index in [1.165, 1.54) is 6.07 Å². The van der Waals surface area contributed by atoms with E-state index in [-0.39, 0.29) is 5.82 Å². The Kier molecular flexibility index (Phi) is 3.75. The fraction of sp³-hybridized carbons (Fsp3) is 0.125. The molecule has 0 fully saturated rings. The van der Waals surface area contributed by atoms with E-state index in [1.54, 1.807) is 13.2 Å². The van der Waals surface area contributed by atoms with Gasteiger partial charge in [0.05, 0.1) is 11.7 Å². The van der Waals surface area contributed by atoms with Gasteiger partial charge in [0.25, 0.3) is 0 Å². The molecule has 0 radical (unpaired) electrons. The maximum absolute atomic E-state index is 13.3. The quantitative estimate of drug-likeness (QED) is 0.798. The summed E-state index contributed by atoms with van der Waals surface area (Å²) in [6.45, 7) is 0.475. The molecule has 0 saturated heterocycles. The van der Waals surface area contributed by atoms with Gasteiger partial charge in [0.15, 0.2) is 0 Å². The molecule has 21 heavy (non-hydrogen) atoms. The highest BCUT2D eigenvalue weighted by Crippen LogP contribution is 2.29. The zero-order valence-electron chi connectivity index (χ0n) is 11.5. The summed E-state index contributed by atoms with van der Waals surface area (Å²) in [6.07, 6.45) is 2.88. The van der Waals surface area contributed by atoms with Crippen LogP contribution in [-0.2, 0) is 6.54 Å². The second-order valence-electron chi connectivity index (χ2n) is 4.58. The molecular formula is C16H14FN3O. The summed E-state index contributed by atoms with van der Waals surface area (Å²) in [7, 11) is 1.79. The van der Waals surface area contributed by atoms with Crippen LogP contribution in [0.2, 0.25) is 0 Å². The minimum atomic E-state index is -0.382. The molecule has 0 unspecified atom stereocenters. The summed E-state index contributed by atoms with van der Waals surface area (Å²) in [6, 6.07) is 10.8. The molecule has 0 aliphatic rings. The van der Waals surface area contributed by atoms with Crippen LogP contribution in [0.1, 0.15) is 5.56 Å². The highest BCUT2D eigenvalue weighted by atomic mass is 19.1. The van der Waals surface area contributed by atoms with Gasteiger partial charge in [-0.15, -0.1) is 0 Å². The van der Waals surface area contributed by atoms with Crippen molar-refractivity contribution in [2.24, 2.45) is 0 Å². The molecule has 0 saturated carbocycles. The predicted molar refractivity (Wildman–Crippen MR) is 78.8 cm³/mol. The summed E-state index contributed by atoms with van der Waals surface area (Å²) < 4.78 is 19.2. The lowest BCUT2D eigenvalue weighted by molar-refractivity contribution is 0.454. The van der Waals surface area contributed by atoms with Crippen LogP contribution in [0.15, 0.2) is 48.8 Å². The fourth-order valence-electron chi connectivity index (χ4n) is 2.15. The maximum Gasteiger partial charge on any atom is 0.223 e. The minimum absolute atomic E-state index is 0.382. The van der Waals surface area contributed by atoms with Crippen LogP contribution in [-0.4, -0.2) is 17.0 Å². The number of nitrogens with one attached hydrogen (secondary N) is 1. The highest BCUT2D eigenvalue weighted by molar-refractivity contribution is 5.85. The Morgan fingerprint density at radius 3 is 2.95 bits per heavy atom. The summed E-state index contributed by atoms with van der Waals surface area (Å²) in [5.41, 5.74) is 1.51. The first-order valence-electron chi connectivity index (χ1n) is 6.58. The first-order valence-corrected chi connectivity index (χ1v) is 6.58. The Labute approximate surface area is 121 Å². The Morgan fingerprint density at radius 1 is 1.19 bits per heavy atom. The molecule has 4 nitrogen and oxygen atoms in total. The topological polar surface area (TPSA) is 47.0 Å². The molecule has 1 aromatic carbocycles. The number of hydrogen-bond donors (Lipinski definition) is 1. The normalized spacial score (nSPS) is 10.8. The van der Waals surface area contributed by atoms with Crippen molar-refractivity contribution >= 4 is 10.9 Å². The van der Waals surface area contributed by atoms with Crippen LogP contribution >= 0.6 is 0 Å². The molecule has 3 rings (SSSR count). The maximum atomic E-state index is 13.3. The predicted octanol–water partition coefficient (Wildman–Crippen LogP) is 3.28. The van der Waals surface area contributed by atoms with Crippen LogP contribution in [0.25, 0.3) is 10.9 Å². The van der Waals surface area contributed by atoms with Crippen molar-refractivity contribution in [3.8, 4) is 11.6 Å². The van der Waals surface area contributed by atoms with Gasteiger partial charge < -0.3 is 10.1 Å². The first-order chi connectivity index (χ1) is 10.3. The third-order valence-corrected chi connectivity index (χ3v) is 3.07. The van der Waals surface area contributed by atoms with E-state index >= 15 is 0 Å². The molecule has 0 aliphatic heterocycles. The van der Waals surface area contributed by atoms with Gasteiger partial charge in [-0.1, -0.05) is 6.07 Å². The van der Waals surface area contributed by atoms with E-state index in [0.717, 1.165) is 17.1 Å². The first kappa shape index (κ1) is 13.5. The summed E-state index contributed by atoms with van der Waals surface area (Å²) in [4.78, 5) is 8.32. The van der Waals surface area contributed by atoms with Crippen molar-refractivity contribution in [3.63, 3.8) is 0 Å². The summed E-state index contributed by atoms with van der Waals surface area (Å²) in [5, 5.41) is 3.87. The molecule has 2 aromatic heterocycles. The lowest BCUT2D eigenvalue weighted by atomic mass is 10.2. The number of rotatable bonds is 4. The standard InChI is InChI=1S/C16H14FN3O/c1-18-9-11-8-12(17)10-20-16(11)21-15-6-2-5-14-13(15)4-3-7-19-14/h2-8,10,18H,9H2,1H3. The van der Waals surface area contributed by atoms with Crippen molar-refractivity contribution in [1.29, 1.82) is 0 Å². The van der Waals surface area contributed by atoms with E-state index in [9.17, 15) is 4.39 Å². The van der Waals surface area contributed by atoms with Gasteiger partial charge in [-0.25, -0.2) is 9.37 Å². The van der Waals surface area contributed by atoms with E-state index in [0.29, 0.717) is 23.7 Å². The Hall–Kier alpha value is -2.53. The number of halogens is 1. The molecule has 0 atom stereocenters. The van der Waals surface area contributed by atoms with Crippen LogP contribution in [0.3, 0.4) is 0 Å². The second-order valence-corrected chi connectivity index (χ2v) is 4.58. The molecule has 0 spiro atoms. The SMILES string of the molecule is CNCc1cc(F)cnc1Oc1cccc2ncccc12. The third kappa shape index (κ3) is 2.83. The van der Waals surface area contributed by atoms with E-state index < -0.39 is 0 Å². The largest absolute Gasteiger partial charge is 0.438 e. The molecule has 3 aromatic rings. The van der Waals surface area contributed by atoms with Crippen molar-refractivity contribution < 1.29 is 9.13 Å². The van der Waals surface area contributed by atoms with Gasteiger partial charge in [0.1, 0.15) is 11.6 Å². The number of pyridine rings is 2. The zero-order chi connectivity index (χ0) is 14.7. The van der Waals surface area contributed by atoms with Crippen molar-refractivity contribution in [3.05, 3.63) is 60.2 Å². The molecule has 0 aliphatic carbocycles. The van der Waals surface area contributed by atoms with Crippen LogP contribution in [0.4, 0.5) is 4.39 Å². The number of hydrogen-bond acceptors (Lipinski definition) is 4. The van der Waals surface area contributed by atoms with Crippen LogP contribution in [0.5, 0.6) is 11.6 Å². The van der Waals surface area contributed by atoms with Gasteiger partial charge in [-0.05, 0) is 37.4 Å². The van der Waals surface area contributed by atoms with E-state index in [1.807, 2.05) is 30.3 Å². The fourth-order valence-corrected chi connectivity index (χ4v) is 2.15. The third-order valence-electron chi connectivity index (χ3n) is 3.07. The average Bonchev–Trinajstić information content (AvgIpc) is 2.50. The lowest BCUT2D eigenvalue weighted by Crippen LogP contribution is -2.08. The molecular weight excluding hydrogens is 269 g/mol. The van der Waals surface area contributed by atoms with E-state index in [2.05, 4.69) is 15.3 Å². The van der Waals surface area contributed by atoms with Gasteiger partial charge in [0, 0.05) is 23.7 Å². The highest BCUT2D eigenvalue weighted by Gasteiger charge is 2.10. The number of ether oxygens (including phenoxy) is 1. The average molecular weight is 283 g/mol. The Balaban J connectivity index is 2.02. The van der Waals surface area contributed by atoms with Gasteiger partial charge >= 0.3 is 0 Å².